The highest BCUT2D eigenvalue weighted by Gasteiger charge is 2.33. The first-order valence-corrected chi connectivity index (χ1v) is 10.2. The SMILES string of the molecule is CC(=O)N1c2ccc(-c3cnc(N4CCNCC4)cn3)cc2C(NC(=O)O)CC1C.Cl. The van der Waals surface area contributed by atoms with Crippen molar-refractivity contribution in [3.05, 3.63) is 36.2 Å². The van der Waals surface area contributed by atoms with Crippen LogP contribution in [0.1, 0.15) is 31.9 Å². The van der Waals surface area contributed by atoms with Crippen LogP contribution in [0.4, 0.5) is 16.3 Å². The van der Waals surface area contributed by atoms with Crippen LogP contribution in [0.5, 0.6) is 0 Å². The van der Waals surface area contributed by atoms with E-state index in [1.807, 2.05) is 25.1 Å². The first-order chi connectivity index (χ1) is 14.4. The molecule has 1 aromatic carbocycles. The molecule has 2 amide bonds. The summed E-state index contributed by atoms with van der Waals surface area (Å²) in [6, 6.07) is 5.18. The van der Waals surface area contributed by atoms with Crippen LogP contribution in [-0.2, 0) is 4.79 Å². The molecule has 1 aromatic heterocycles. The minimum absolute atomic E-state index is 0. The molecule has 0 aliphatic carbocycles. The van der Waals surface area contributed by atoms with E-state index in [2.05, 4.69) is 25.5 Å². The van der Waals surface area contributed by atoms with Crippen LogP contribution in [-0.4, -0.2) is 59.3 Å². The largest absolute Gasteiger partial charge is 0.465 e. The maximum Gasteiger partial charge on any atom is 0.405 e. The Balaban J connectivity index is 0.00000272. The number of nitrogens with zero attached hydrogens (tertiary/aromatic N) is 4. The minimum Gasteiger partial charge on any atom is -0.465 e. The Labute approximate surface area is 187 Å². The molecule has 1 saturated heterocycles. The van der Waals surface area contributed by atoms with Gasteiger partial charge in [-0.1, -0.05) is 6.07 Å². The number of hydrogen-bond acceptors (Lipinski definition) is 6. The molecule has 1 fully saturated rings. The monoisotopic (exact) mass is 446 g/mol. The van der Waals surface area contributed by atoms with Crippen LogP contribution in [0.15, 0.2) is 30.6 Å². The fourth-order valence-corrected chi connectivity index (χ4v) is 4.32. The second kappa shape index (κ2) is 9.49. The Morgan fingerprint density at radius 1 is 1.19 bits per heavy atom. The van der Waals surface area contributed by atoms with Crippen LogP contribution in [0, 0.1) is 0 Å². The van der Waals surface area contributed by atoms with Gasteiger partial charge in [-0.05, 0) is 31.0 Å². The molecule has 2 unspecified atom stereocenters. The zero-order valence-corrected chi connectivity index (χ0v) is 18.4. The number of piperazine rings is 1. The Morgan fingerprint density at radius 2 is 1.94 bits per heavy atom. The molecule has 0 radical (unpaired) electrons. The lowest BCUT2D eigenvalue weighted by Gasteiger charge is -2.39. The Hall–Kier alpha value is -2.91. The van der Waals surface area contributed by atoms with E-state index < -0.39 is 12.1 Å². The zero-order valence-electron chi connectivity index (χ0n) is 17.5. The van der Waals surface area contributed by atoms with Gasteiger partial charge in [0.1, 0.15) is 5.82 Å². The summed E-state index contributed by atoms with van der Waals surface area (Å²) in [5.41, 5.74) is 3.05. The molecule has 0 spiro atoms. The Kier molecular flexibility index (Phi) is 6.97. The van der Waals surface area contributed by atoms with E-state index in [1.54, 1.807) is 17.3 Å². The molecule has 4 rings (SSSR count). The highest BCUT2D eigenvalue weighted by atomic mass is 35.5. The summed E-state index contributed by atoms with van der Waals surface area (Å²) in [5, 5.41) is 15.2. The maximum absolute atomic E-state index is 12.2. The summed E-state index contributed by atoms with van der Waals surface area (Å²) in [5.74, 6) is 0.783. The van der Waals surface area contributed by atoms with Crippen molar-refractivity contribution >= 4 is 35.9 Å². The van der Waals surface area contributed by atoms with Crippen molar-refractivity contribution in [2.45, 2.75) is 32.4 Å². The number of halogens is 1. The number of fused-ring (bicyclic) bond motifs is 1. The van der Waals surface area contributed by atoms with Crippen LogP contribution in [0.2, 0.25) is 0 Å². The van der Waals surface area contributed by atoms with Gasteiger partial charge in [0.25, 0.3) is 0 Å². The predicted octanol–water partition coefficient (Wildman–Crippen LogP) is 2.43. The van der Waals surface area contributed by atoms with Crippen molar-refractivity contribution in [2.24, 2.45) is 0 Å². The fraction of sp³-hybridized carbons (Fsp3) is 0.429. The third-order valence-electron chi connectivity index (χ3n) is 5.69. The first kappa shape index (κ1) is 22.8. The molecule has 3 heterocycles. The van der Waals surface area contributed by atoms with E-state index in [0.29, 0.717) is 12.1 Å². The molecule has 3 N–H and O–H groups in total. The van der Waals surface area contributed by atoms with Crippen molar-refractivity contribution in [3.63, 3.8) is 0 Å². The summed E-state index contributed by atoms with van der Waals surface area (Å²) >= 11 is 0. The van der Waals surface area contributed by atoms with Gasteiger partial charge in [-0.25, -0.2) is 9.78 Å². The molecule has 2 aromatic rings. The molecular formula is C21H27ClN6O3. The molecule has 0 bridgehead atoms. The van der Waals surface area contributed by atoms with Crippen LogP contribution in [0.25, 0.3) is 11.3 Å². The number of benzene rings is 1. The number of rotatable bonds is 3. The predicted molar refractivity (Wildman–Crippen MR) is 121 cm³/mol. The number of carbonyl (C=O) groups excluding carboxylic acids is 1. The van der Waals surface area contributed by atoms with Gasteiger partial charge < -0.3 is 25.5 Å². The quantitative estimate of drug-likeness (QED) is 0.664. The van der Waals surface area contributed by atoms with Crippen molar-refractivity contribution in [2.75, 3.05) is 36.0 Å². The first-order valence-electron chi connectivity index (χ1n) is 10.2. The summed E-state index contributed by atoms with van der Waals surface area (Å²) < 4.78 is 0. The van der Waals surface area contributed by atoms with Crippen LogP contribution >= 0.6 is 12.4 Å². The third-order valence-corrected chi connectivity index (χ3v) is 5.69. The standard InChI is InChI=1S/C21H26N6O3.ClH/c1-13-9-17(25-21(29)30)16-10-15(3-4-19(16)27(13)14(2)28)18-11-24-20(12-23-18)26-7-5-22-6-8-26;/h3-4,10-13,17,22,25H,5-9H2,1-2H3,(H,29,30);1H. The average molecular weight is 447 g/mol. The molecular weight excluding hydrogens is 420 g/mol. The van der Waals surface area contributed by atoms with Crippen molar-refractivity contribution < 1.29 is 14.7 Å². The van der Waals surface area contributed by atoms with Gasteiger partial charge in [0.05, 0.1) is 24.1 Å². The van der Waals surface area contributed by atoms with Gasteiger partial charge in [0, 0.05) is 50.4 Å². The molecule has 2 aliphatic rings. The van der Waals surface area contributed by atoms with Gasteiger partial charge in [-0.15, -0.1) is 12.4 Å². The average Bonchev–Trinajstić information content (AvgIpc) is 2.73. The second-order valence-corrected chi connectivity index (χ2v) is 7.75. The van der Waals surface area contributed by atoms with Crippen LogP contribution < -0.4 is 20.4 Å². The number of amides is 2. The van der Waals surface area contributed by atoms with Crippen molar-refractivity contribution in [1.29, 1.82) is 0 Å². The molecule has 0 saturated carbocycles. The molecule has 2 atom stereocenters. The number of carboxylic acid groups (broad SMARTS) is 1. The lowest BCUT2D eigenvalue weighted by atomic mass is 9.90. The van der Waals surface area contributed by atoms with Gasteiger partial charge in [-0.2, -0.15) is 0 Å². The number of nitrogens with one attached hydrogen (secondary N) is 2. The topological polar surface area (TPSA) is 111 Å². The molecule has 166 valence electrons. The summed E-state index contributed by atoms with van der Waals surface area (Å²) in [7, 11) is 0. The Morgan fingerprint density at radius 3 is 2.55 bits per heavy atom. The lowest BCUT2D eigenvalue weighted by molar-refractivity contribution is -0.117. The van der Waals surface area contributed by atoms with Crippen molar-refractivity contribution in [1.82, 2.24) is 20.6 Å². The minimum atomic E-state index is -1.08. The van der Waals surface area contributed by atoms with E-state index in [9.17, 15) is 14.7 Å². The van der Waals surface area contributed by atoms with Gasteiger partial charge in [0.15, 0.2) is 0 Å². The summed E-state index contributed by atoms with van der Waals surface area (Å²) in [6.07, 6.45) is 2.94. The Bertz CT molecular complexity index is 949. The third kappa shape index (κ3) is 4.72. The number of hydrogen-bond donors (Lipinski definition) is 3. The van der Waals surface area contributed by atoms with Crippen LogP contribution in [0.3, 0.4) is 0 Å². The van der Waals surface area contributed by atoms with Gasteiger partial charge in [-0.3, -0.25) is 9.78 Å². The lowest BCUT2D eigenvalue weighted by Crippen LogP contribution is -2.45. The van der Waals surface area contributed by atoms with E-state index in [0.717, 1.165) is 48.8 Å². The number of aromatic nitrogens is 2. The maximum atomic E-state index is 12.2. The molecule has 2 aliphatic heterocycles. The highest BCUT2D eigenvalue weighted by molar-refractivity contribution is 5.94. The van der Waals surface area contributed by atoms with E-state index in [4.69, 9.17) is 0 Å². The summed E-state index contributed by atoms with van der Waals surface area (Å²) in [4.78, 5) is 36.6. The molecule has 31 heavy (non-hydrogen) atoms. The van der Waals surface area contributed by atoms with E-state index >= 15 is 0 Å². The number of anilines is 2. The van der Waals surface area contributed by atoms with E-state index in [-0.39, 0.29) is 24.4 Å². The molecule has 10 heteroatoms. The summed E-state index contributed by atoms with van der Waals surface area (Å²) in [6.45, 7) is 7.10. The highest BCUT2D eigenvalue weighted by Crippen LogP contribution is 2.39. The molecule has 9 nitrogen and oxygen atoms in total. The fourth-order valence-electron chi connectivity index (χ4n) is 4.32. The van der Waals surface area contributed by atoms with Gasteiger partial charge >= 0.3 is 6.09 Å². The van der Waals surface area contributed by atoms with Crippen molar-refractivity contribution in [3.8, 4) is 11.3 Å². The van der Waals surface area contributed by atoms with E-state index in [1.165, 1.54) is 6.92 Å². The smallest absolute Gasteiger partial charge is 0.405 e. The number of carbonyl (C=O) groups is 2. The normalized spacial score (nSPS) is 20.5. The van der Waals surface area contributed by atoms with Gasteiger partial charge in [0.2, 0.25) is 5.91 Å². The zero-order chi connectivity index (χ0) is 21.3. The second-order valence-electron chi connectivity index (χ2n) is 7.75.